The lowest BCUT2D eigenvalue weighted by Crippen LogP contribution is -1.62. The fourth-order valence-electron chi connectivity index (χ4n) is 0.964. The third-order valence-electron chi connectivity index (χ3n) is 1.46. The highest BCUT2D eigenvalue weighted by Crippen LogP contribution is 2.20. The van der Waals surface area contributed by atoms with Crippen LogP contribution >= 0.6 is 8.19 Å². The van der Waals surface area contributed by atoms with Crippen LogP contribution < -0.4 is 0 Å². The highest BCUT2D eigenvalue weighted by atomic mass is 31.0. The van der Waals surface area contributed by atoms with Gasteiger partial charge in [0.1, 0.15) is 0 Å². The molecule has 0 unspecified atom stereocenters. The molecule has 2 aromatic rings. The summed E-state index contributed by atoms with van der Waals surface area (Å²) in [5.41, 5.74) is 0. The Kier molecular flexibility index (Phi) is 1.41. The molecule has 0 bridgehead atoms. The van der Waals surface area contributed by atoms with E-state index in [4.69, 9.17) is 0 Å². The van der Waals surface area contributed by atoms with Crippen LogP contribution in [0.4, 0.5) is 0 Å². The molecule has 1 aromatic heterocycles. The highest BCUT2D eigenvalue weighted by molar-refractivity contribution is 7.35. The summed E-state index contributed by atoms with van der Waals surface area (Å²) < 4.78 is 0. The van der Waals surface area contributed by atoms with E-state index in [2.05, 4.69) is 36.1 Å². The summed E-state index contributed by atoms with van der Waals surface area (Å²) in [6.07, 6.45) is 0. The lowest BCUT2D eigenvalue weighted by Gasteiger charge is -1.91. The first-order valence-corrected chi connectivity index (χ1v) is 4.08. The molecule has 0 aliphatic heterocycles. The van der Waals surface area contributed by atoms with Gasteiger partial charge in [-0.3, -0.25) is 0 Å². The molecule has 0 amide bonds. The predicted octanol–water partition coefficient (Wildman–Crippen LogP) is 3.22. The van der Waals surface area contributed by atoms with Crippen LogP contribution in [0, 0.1) is 5.80 Å². The van der Waals surface area contributed by atoms with Crippen LogP contribution in [0.2, 0.25) is 0 Å². The Morgan fingerprint density at radius 2 is 2.00 bits per heavy atom. The molecule has 2 rings (SSSR count). The van der Waals surface area contributed by atoms with Crippen LogP contribution in [0.25, 0.3) is 10.5 Å². The highest BCUT2D eigenvalue weighted by Gasteiger charge is 1.86. The van der Waals surface area contributed by atoms with Crippen LogP contribution in [0.3, 0.4) is 0 Å². The van der Waals surface area contributed by atoms with Crippen molar-refractivity contribution in [3.05, 3.63) is 42.2 Å². The largest absolute Gasteiger partial charge is 0.0616 e. The summed E-state index contributed by atoms with van der Waals surface area (Å²) in [6, 6.07) is 12.4. The van der Waals surface area contributed by atoms with Gasteiger partial charge in [0.25, 0.3) is 0 Å². The summed E-state index contributed by atoms with van der Waals surface area (Å²) in [7, 11) is 1.19. The Hall–Kier alpha value is -0.870. The Morgan fingerprint density at radius 3 is 2.90 bits per heavy atom. The van der Waals surface area contributed by atoms with Gasteiger partial charge in [-0.25, -0.2) is 0 Å². The molecule has 1 radical (unpaired) electrons. The zero-order valence-electron chi connectivity index (χ0n) is 5.41. The molecule has 0 aliphatic carbocycles. The third kappa shape index (κ3) is 0.913. The average molecular weight is 145 g/mol. The first kappa shape index (κ1) is 5.88. The van der Waals surface area contributed by atoms with E-state index >= 15 is 0 Å². The van der Waals surface area contributed by atoms with Gasteiger partial charge in [-0.05, 0) is 17.5 Å². The molecule has 0 aliphatic rings. The number of hydrogen-bond acceptors (Lipinski definition) is 0. The Morgan fingerprint density at radius 1 is 1.10 bits per heavy atom. The van der Waals surface area contributed by atoms with Crippen molar-refractivity contribution in [1.82, 2.24) is 0 Å². The molecule has 0 spiro atoms. The van der Waals surface area contributed by atoms with Crippen molar-refractivity contribution < 1.29 is 0 Å². The molecule has 0 saturated carbocycles. The molecular formula is C9H6P. The monoisotopic (exact) mass is 145 g/mol. The zero-order valence-corrected chi connectivity index (χ0v) is 6.31. The average Bonchev–Trinajstić information content (AvgIpc) is 2.05. The zero-order chi connectivity index (χ0) is 6.81. The van der Waals surface area contributed by atoms with Gasteiger partial charge in [0.15, 0.2) is 0 Å². The van der Waals surface area contributed by atoms with E-state index < -0.39 is 0 Å². The third-order valence-corrected chi connectivity index (χ3v) is 2.39. The van der Waals surface area contributed by atoms with Crippen molar-refractivity contribution in [2.45, 2.75) is 0 Å². The van der Waals surface area contributed by atoms with Crippen LogP contribution in [0.5, 0.6) is 0 Å². The molecule has 0 fully saturated rings. The van der Waals surface area contributed by atoms with Gasteiger partial charge in [-0.2, -0.15) is 0 Å². The van der Waals surface area contributed by atoms with Crippen LogP contribution in [0.15, 0.2) is 36.4 Å². The fraction of sp³-hybridized carbons (Fsp3) is 0. The smallest absolute Gasteiger partial charge is 0.0142 e. The van der Waals surface area contributed by atoms with E-state index in [1.165, 1.54) is 18.7 Å². The molecule has 0 N–H and O–H groups in total. The van der Waals surface area contributed by atoms with Crippen molar-refractivity contribution >= 4 is 18.7 Å². The van der Waals surface area contributed by atoms with Gasteiger partial charge < -0.3 is 0 Å². The maximum atomic E-state index is 3.13. The molecule has 0 saturated heterocycles. The summed E-state index contributed by atoms with van der Waals surface area (Å²) in [5.74, 6) is 3.13. The van der Waals surface area contributed by atoms with Gasteiger partial charge >= 0.3 is 0 Å². The molecule has 1 heterocycles. The standard InChI is InChI=1S/C9H6P/c1-2-6-9-8(4-1)5-3-7-10-9/h1-6H. The maximum Gasteiger partial charge on any atom is 0.0142 e. The predicted molar refractivity (Wildman–Crippen MR) is 45.3 cm³/mol. The van der Waals surface area contributed by atoms with Crippen molar-refractivity contribution in [2.24, 2.45) is 0 Å². The number of fused-ring (bicyclic) bond motifs is 1. The van der Waals surface area contributed by atoms with E-state index in [0.717, 1.165) is 0 Å². The van der Waals surface area contributed by atoms with E-state index in [9.17, 15) is 0 Å². The molecule has 0 atom stereocenters. The molecule has 0 nitrogen and oxygen atoms in total. The quantitative estimate of drug-likeness (QED) is 0.533. The van der Waals surface area contributed by atoms with Crippen molar-refractivity contribution in [3.8, 4) is 0 Å². The molecule has 47 valence electrons. The second-order valence-corrected chi connectivity index (χ2v) is 3.10. The topological polar surface area (TPSA) is 0 Å². The van der Waals surface area contributed by atoms with Gasteiger partial charge in [-0.1, -0.05) is 32.5 Å². The molecule has 1 heteroatoms. The minimum absolute atomic E-state index is 1.19. The number of rotatable bonds is 0. The lowest BCUT2D eigenvalue weighted by atomic mass is 10.3. The van der Waals surface area contributed by atoms with Crippen LogP contribution in [0.1, 0.15) is 0 Å². The summed E-state index contributed by atoms with van der Waals surface area (Å²) in [4.78, 5) is 0. The van der Waals surface area contributed by atoms with E-state index in [1.807, 2.05) is 6.07 Å². The first-order valence-electron chi connectivity index (χ1n) is 3.19. The van der Waals surface area contributed by atoms with Crippen LogP contribution in [-0.4, -0.2) is 0 Å². The van der Waals surface area contributed by atoms with E-state index in [1.54, 1.807) is 0 Å². The molecular weight excluding hydrogens is 139 g/mol. The number of hydrogen-bond donors (Lipinski definition) is 0. The molecule has 10 heavy (non-hydrogen) atoms. The minimum Gasteiger partial charge on any atom is -0.0616 e. The van der Waals surface area contributed by atoms with Crippen molar-refractivity contribution in [3.63, 3.8) is 0 Å². The first-order chi connectivity index (χ1) is 4.97. The van der Waals surface area contributed by atoms with Gasteiger partial charge in [0.2, 0.25) is 0 Å². The van der Waals surface area contributed by atoms with E-state index in [0.29, 0.717) is 0 Å². The second-order valence-electron chi connectivity index (χ2n) is 2.13. The second kappa shape index (κ2) is 2.40. The van der Waals surface area contributed by atoms with Gasteiger partial charge in [0, 0.05) is 10.9 Å². The minimum atomic E-state index is 1.19. The lowest BCUT2D eigenvalue weighted by molar-refractivity contribution is 1.83. The Labute approximate surface area is 61.6 Å². The van der Waals surface area contributed by atoms with Gasteiger partial charge in [-0.15, -0.1) is 0 Å². The van der Waals surface area contributed by atoms with Crippen molar-refractivity contribution in [1.29, 1.82) is 0 Å². The normalized spacial score (nSPS) is 10.8. The van der Waals surface area contributed by atoms with E-state index in [-0.39, 0.29) is 0 Å². The maximum absolute atomic E-state index is 3.13. The fourth-order valence-corrected chi connectivity index (χ4v) is 1.69. The van der Waals surface area contributed by atoms with Crippen molar-refractivity contribution in [2.75, 3.05) is 0 Å². The molecule has 1 aromatic carbocycles. The Balaban J connectivity index is 2.89. The Bertz CT molecular complexity index is 276. The number of benzene rings is 1. The summed E-state index contributed by atoms with van der Waals surface area (Å²) in [6.45, 7) is 0. The van der Waals surface area contributed by atoms with Crippen LogP contribution in [-0.2, 0) is 0 Å². The SMILES string of the molecule is [c]1ccc2ccccc2p1. The summed E-state index contributed by atoms with van der Waals surface area (Å²) in [5, 5.41) is 2.67. The van der Waals surface area contributed by atoms with Gasteiger partial charge in [0.05, 0.1) is 0 Å². The summed E-state index contributed by atoms with van der Waals surface area (Å²) >= 11 is 0.